The van der Waals surface area contributed by atoms with E-state index in [0.29, 0.717) is 37.1 Å². The summed E-state index contributed by atoms with van der Waals surface area (Å²) in [5, 5.41) is 4.98. The number of likely N-dealkylation sites (tertiary alicyclic amines) is 1. The highest BCUT2D eigenvalue weighted by molar-refractivity contribution is 5.97. The van der Waals surface area contributed by atoms with Gasteiger partial charge in [0.15, 0.2) is 5.65 Å². The monoisotopic (exact) mass is 393 g/mol. The lowest BCUT2D eigenvalue weighted by molar-refractivity contribution is 0.0504. The number of nitrogens with two attached hydrogens (primary N) is 1. The molecule has 0 saturated carbocycles. The summed E-state index contributed by atoms with van der Waals surface area (Å²) in [6.07, 6.45) is 6.01. The molecule has 0 unspecified atom stereocenters. The Morgan fingerprint density at radius 2 is 2.03 bits per heavy atom. The van der Waals surface area contributed by atoms with Gasteiger partial charge < -0.3 is 10.6 Å². The van der Waals surface area contributed by atoms with Crippen LogP contribution in [0, 0.1) is 0 Å². The molecule has 0 aliphatic carbocycles. The van der Waals surface area contributed by atoms with Crippen LogP contribution in [-0.2, 0) is 0 Å². The van der Waals surface area contributed by atoms with Crippen LogP contribution in [0.25, 0.3) is 22.4 Å². The number of alkyl halides is 1. The van der Waals surface area contributed by atoms with Gasteiger partial charge in [0.05, 0.1) is 17.4 Å². The van der Waals surface area contributed by atoms with Crippen LogP contribution in [0.1, 0.15) is 30.1 Å². The van der Waals surface area contributed by atoms with E-state index in [0.717, 1.165) is 16.7 Å². The molecule has 1 fully saturated rings. The fraction of sp³-hybridized carbons (Fsp3) is 0.300. The minimum Gasteiger partial charge on any atom is -0.366 e. The Bertz CT molecular complexity index is 1230. The number of pyridine rings is 2. The number of amides is 1. The predicted octanol–water partition coefficient (Wildman–Crippen LogP) is 2.61. The number of carbonyl (C=O) groups is 1. The summed E-state index contributed by atoms with van der Waals surface area (Å²) in [6.45, 7) is 2.44. The van der Waals surface area contributed by atoms with Gasteiger partial charge >= 0.3 is 0 Å². The average Bonchev–Trinajstić information content (AvgIpc) is 3.28. The van der Waals surface area contributed by atoms with Crippen molar-refractivity contribution >= 4 is 28.5 Å². The Kier molecular flexibility index (Phi) is 3.80. The molecule has 0 radical (unpaired) electrons. The van der Waals surface area contributed by atoms with Crippen molar-refractivity contribution in [2.45, 2.75) is 25.4 Å². The van der Waals surface area contributed by atoms with E-state index in [1.54, 1.807) is 22.5 Å². The van der Waals surface area contributed by atoms with Gasteiger partial charge in [-0.2, -0.15) is 4.98 Å². The summed E-state index contributed by atoms with van der Waals surface area (Å²) in [7, 11) is 0. The highest BCUT2D eigenvalue weighted by atomic mass is 19.1. The topological polar surface area (TPSA) is 94.3 Å². The molecule has 5 rings (SSSR count). The molecule has 1 aliphatic rings. The van der Waals surface area contributed by atoms with E-state index in [4.69, 9.17) is 5.73 Å². The molecule has 0 atom stereocenters. The van der Waals surface area contributed by atoms with Crippen molar-refractivity contribution in [3.8, 4) is 5.69 Å². The molecule has 4 aromatic rings. The first-order valence-electron chi connectivity index (χ1n) is 9.47. The van der Waals surface area contributed by atoms with Crippen LogP contribution >= 0.6 is 0 Å². The lowest BCUT2D eigenvalue weighted by Gasteiger charge is -2.34. The number of rotatable bonds is 2. The lowest BCUT2D eigenvalue weighted by atomic mass is 9.95. The number of anilines is 1. The van der Waals surface area contributed by atoms with E-state index in [2.05, 4.69) is 15.1 Å². The summed E-state index contributed by atoms with van der Waals surface area (Å²) in [6, 6.07) is 7.48. The Balaban J connectivity index is 1.45. The normalized spacial score (nSPS) is 16.6. The Morgan fingerprint density at radius 3 is 2.83 bits per heavy atom. The van der Waals surface area contributed by atoms with Crippen LogP contribution in [0.5, 0.6) is 0 Å². The summed E-state index contributed by atoms with van der Waals surface area (Å²) in [5.41, 5.74) is 7.21. The lowest BCUT2D eigenvalue weighted by Crippen LogP contribution is -2.43. The van der Waals surface area contributed by atoms with E-state index in [9.17, 15) is 9.18 Å². The van der Waals surface area contributed by atoms with Gasteiger partial charge in [0.2, 0.25) is 5.95 Å². The maximum atomic E-state index is 14.0. The predicted molar refractivity (Wildman–Crippen MR) is 107 cm³/mol. The van der Waals surface area contributed by atoms with Gasteiger partial charge in [-0.1, -0.05) is 0 Å². The molecule has 0 aromatic carbocycles. The molecule has 1 saturated heterocycles. The highest BCUT2D eigenvalue weighted by Gasteiger charge is 2.32. The first-order valence-corrected chi connectivity index (χ1v) is 9.47. The van der Waals surface area contributed by atoms with Crippen LogP contribution in [0.3, 0.4) is 0 Å². The van der Waals surface area contributed by atoms with E-state index in [1.807, 2.05) is 41.2 Å². The Hall–Kier alpha value is -3.49. The fourth-order valence-corrected chi connectivity index (χ4v) is 3.74. The van der Waals surface area contributed by atoms with Crippen molar-refractivity contribution in [2.75, 3.05) is 18.8 Å². The standard InChI is InChI=1S/C20H20FN7O/c1-20(21)5-8-26(9-6-20)18(29)14-10-13-4-7-27(17(13)23-11-14)15-2-3-16-24-19(22)25-28(16)12-15/h2-4,7,10-12H,5-6,8-9H2,1H3,(H2,22,25). The smallest absolute Gasteiger partial charge is 0.255 e. The second-order valence-corrected chi connectivity index (χ2v) is 7.69. The second-order valence-electron chi connectivity index (χ2n) is 7.69. The molecular formula is C20H20FN7O. The van der Waals surface area contributed by atoms with Crippen LogP contribution in [0.4, 0.5) is 10.3 Å². The molecule has 1 amide bonds. The minimum absolute atomic E-state index is 0.109. The number of nitrogen functional groups attached to an aromatic ring is 1. The number of aromatic nitrogens is 5. The molecule has 9 heteroatoms. The van der Waals surface area contributed by atoms with Crippen LogP contribution in [0.2, 0.25) is 0 Å². The van der Waals surface area contributed by atoms with Crippen molar-refractivity contribution in [3.05, 3.63) is 48.4 Å². The van der Waals surface area contributed by atoms with E-state index >= 15 is 0 Å². The molecule has 148 valence electrons. The van der Waals surface area contributed by atoms with Crippen molar-refractivity contribution in [2.24, 2.45) is 0 Å². The van der Waals surface area contributed by atoms with Crippen molar-refractivity contribution in [1.82, 2.24) is 29.0 Å². The molecule has 0 spiro atoms. The fourth-order valence-electron chi connectivity index (χ4n) is 3.74. The maximum absolute atomic E-state index is 14.0. The van der Waals surface area contributed by atoms with Crippen LogP contribution in [-0.4, -0.2) is 53.7 Å². The number of hydrogen-bond donors (Lipinski definition) is 1. The van der Waals surface area contributed by atoms with Gasteiger partial charge in [-0.25, -0.2) is 13.9 Å². The van der Waals surface area contributed by atoms with Crippen LogP contribution in [0.15, 0.2) is 42.9 Å². The summed E-state index contributed by atoms with van der Waals surface area (Å²) in [4.78, 5) is 23.1. The Labute approximate surface area is 165 Å². The molecule has 4 aromatic heterocycles. The first kappa shape index (κ1) is 17.6. The van der Waals surface area contributed by atoms with Gasteiger partial charge in [0, 0.05) is 30.9 Å². The molecule has 1 aliphatic heterocycles. The Morgan fingerprint density at radius 1 is 1.24 bits per heavy atom. The first-order chi connectivity index (χ1) is 13.9. The third-order valence-electron chi connectivity index (χ3n) is 5.48. The number of halogens is 1. The summed E-state index contributed by atoms with van der Waals surface area (Å²) >= 11 is 0. The number of nitrogens with zero attached hydrogens (tertiary/aromatic N) is 6. The molecule has 0 bridgehead atoms. The number of piperidine rings is 1. The zero-order valence-corrected chi connectivity index (χ0v) is 15.9. The zero-order chi connectivity index (χ0) is 20.2. The van der Waals surface area contributed by atoms with E-state index in [-0.39, 0.29) is 11.9 Å². The second kappa shape index (κ2) is 6.26. The van der Waals surface area contributed by atoms with Crippen molar-refractivity contribution < 1.29 is 9.18 Å². The molecule has 5 heterocycles. The van der Waals surface area contributed by atoms with Gasteiger partial charge in [-0.15, -0.1) is 5.10 Å². The zero-order valence-electron chi connectivity index (χ0n) is 15.9. The van der Waals surface area contributed by atoms with E-state index in [1.165, 1.54) is 0 Å². The van der Waals surface area contributed by atoms with Crippen molar-refractivity contribution in [1.29, 1.82) is 0 Å². The van der Waals surface area contributed by atoms with E-state index < -0.39 is 5.67 Å². The molecule has 8 nitrogen and oxygen atoms in total. The maximum Gasteiger partial charge on any atom is 0.255 e. The number of carbonyl (C=O) groups excluding carboxylic acids is 1. The molecule has 2 N–H and O–H groups in total. The highest BCUT2D eigenvalue weighted by Crippen LogP contribution is 2.27. The number of fused-ring (bicyclic) bond motifs is 2. The minimum atomic E-state index is -1.19. The molecule has 29 heavy (non-hydrogen) atoms. The summed E-state index contributed by atoms with van der Waals surface area (Å²) in [5.74, 6) is 0.105. The third kappa shape index (κ3) is 3.08. The summed E-state index contributed by atoms with van der Waals surface area (Å²) < 4.78 is 17.5. The van der Waals surface area contributed by atoms with Gasteiger partial charge in [-0.05, 0) is 44.0 Å². The van der Waals surface area contributed by atoms with Crippen LogP contribution < -0.4 is 5.73 Å². The van der Waals surface area contributed by atoms with Gasteiger partial charge in [0.1, 0.15) is 11.3 Å². The van der Waals surface area contributed by atoms with Gasteiger partial charge in [0.25, 0.3) is 5.91 Å². The SMILES string of the molecule is CC1(F)CCN(C(=O)c2cnc3c(ccn3-c3ccc4nc(N)nn4c3)c2)CC1. The third-order valence-corrected chi connectivity index (χ3v) is 5.48. The van der Waals surface area contributed by atoms with Crippen molar-refractivity contribution in [3.63, 3.8) is 0 Å². The largest absolute Gasteiger partial charge is 0.366 e. The average molecular weight is 393 g/mol. The molecular weight excluding hydrogens is 373 g/mol. The quantitative estimate of drug-likeness (QED) is 0.565. The van der Waals surface area contributed by atoms with Gasteiger partial charge in [-0.3, -0.25) is 9.36 Å². The number of hydrogen-bond acceptors (Lipinski definition) is 5.